The van der Waals surface area contributed by atoms with Crippen LogP contribution < -0.4 is 5.32 Å². The lowest BCUT2D eigenvalue weighted by molar-refractivity contribution is -0.140. The third kappa shape index (κ3) is 6.87. The molecule has 33 heavy (non-hydrogen) atoms. The number of Topliss-reactive ketones (excluding diaryl/α,β-unsaturated/α-hetero) is 1. The Bertz CT molecular complexity index is 939. The molecule has 0 spiro atoms. The number of para-hydroxylation sites is 2. The highest BCUT2D eigenvalue weighted by Crippen LogP contribution is 2.28. The van der Waals surface area contributed by atoms with Gasteiger partial charge in [0.2, 0.25) is 17.6 Å². The molecule has 0 saturated carbocycles. The van der Waals surface area contributed by atoms with Gasteiger partial charge in [-0.05, 0) is 30.4 Å². The van der Waals surface area contributed by atoms with Crippen LogP contribution in [0.3, 0.4) is 0 Å². The van der Waals surface area contributed by atoms with Crippen LogP contribution in [-0.2, 0) is 14.3 Å². The minimum absolute atomic E-state index is 0.00767. The van der Waals surface area contributed by atoms with Crippen molar-refractivity contribution in [2.75, 3.05) is 26.3 Å². The SMILES string of the molecule is CCC[C@@H](NC(=O)[C@@H](CC(=O)N1CCOCC1)CC(C)(C)C)C(=O)c1nc2ccccc2o1. The molecule has 0 aliphatic carbocycles. The Morgan fingerprint density at radius 3 is 2.48 bits per heavy atom. The summed E-state index contributed by atoms with van der Waals surface area (Å²) >= 11 is 0. The number of rotatable bonds is 9. The second-order valence-corrected chi connectivity index (χ2v) is 9.86. The lowest BCUT2D eigenvalue weighted by atomic mass is 9.82. The molecule has 8 heteroatoms. The van der Waals surface area contributed by atoms with Crippen LogP contribution in [-0.4, -0.2) is 59.8 Å². The molecule has 1 aromatic carbocycles. The second kappa shape index (κ2) is 10.9. The number of nitrogens with one attached hydrogen (secondary N) is 1. The van der Waals surface area contributed by atoms with Crippen LogP contribution in [0.25, 0.3) is 11.1 Å². The molecule has 1 aliphatic heterocycles. The number of aromatic nitrogens is 1. The van der Waals surface area contributed by atoms with Crippen LogP contribution in [0.5, 0.6) is 0 Å². The Balaban J connectivity index is 1.74. The third-order valence-corrected chi connectivity index (χ3v) is 5.73. The molecule has 1 N–H and O–H groups in total. The Morgan fingerprint density at radius 2 is 1.85 bits per heavy atom. The number of fused-ring (bicyclic) bond motifs is 1. The highest BCUT2D eigenvalue weighted by atomic mass is 16.5. The van der Waals surface area contributed by atoms with Gasteiger partial charge >= 0.3 is 0 Å². The number of amides is 2. The Labute approximate surface area is 195 Å². The highest BCUT2D eigenvalue weighted by Gasteiger charge is 2.33. The summed E-state index contributed by atoms with van der Waals surface area (Å²) in [5, 5.41) is 2.91. The summed E-state index contributed by atoms with van der Waals surface area (Å²) in [5.41, 5.74) is 0.978. The van der Waals surface area contributed by atoms with Gasteiger partial charge in [-0.15, -0.1) is 0 Å². The maximum atomic E-state index is 13.3. The third-order valence-electron chi connectivity index (χ3n) is 5.73. The normalized spacial score (nSPS) is 16.4. The summed E-state index contributed by atoms with van der Waals surface area (Å²) in [5.74, 6) is -1.23. The van der Waals surface area contributed by atoms with Crippen molar-refractivity contribution in [1.29, 1.82) is 0 Å². The predicted molar refractivity (Wildman–Crippen MR) is 125 cm³/mol. The van der Waals surface area contributed by atoms with Crippen molar-refractivity contribution < 1.29 is 23.5 Å². The molecule has 180 valence electrons. The minimum atomic E-state index is -0.753. The van der Waals surface area contributed by atoms with E-state index in [-0.39, 0.29) is 35.3 Å². The van der Waals surface area contributed by atoms with E-state index in [0.29, 0.717) is 56.7 Å². The van der Waals surface area contributed by atoms with Gasteiger partial charge in [0.05, 0.1) is 19.3 Å². The van der Waals surface area contributed by atoms with Crippen LogP contribution in [0.2, 0.25) is 0 Å². The number of ether oxygens (including phenoxy) is 1. The van der Waals surface area contributed by atoms with E-state index in [1.165, 1.54) is 0 Å². The summed E-state index contributed by atoms with van der Waals surface area (Å²) < 4.78 is 11.0. The fourth-order valence-corrected chi connectivity index (χ4v) is 4.12. The monoisotopic (exact) mass is 457 g/mol. The number of carbonyl (C=O) groups excluding carboxylic acids is 3. The zero-order valence-electron chi connectivity index (χ0n) is 20.1. The molecule has 2 heterocycles. The maximum Gasteiger partial charge on any atom is 0.266 e. The first-order valence-electron chi connectivity index (χ1n) is 11.7. The van der Waals surface area contributed by atoms with Crippen LogP contribution in [0.15, 0.2) is 28.7 Å². The van der Waals surface area contributed by atoms with Gasteiger partial charge < -0.3 is 19.4 Å². The fraction of sp³-hybridized carbons (Fsp3) is 0.600. The largest absolute Gasteiger partial charge is 0.434 e. The van der Waals surface area contributed by atoms with Crippen LogP contribution >= 0.6 is 0 Å². The van der Waals surface area contributed by atoms with Gasteiger partial charge in [-0.25, -0.2) is 4.98 Å². The lowest BCUT2D eigenvalue weighted by Crippen LogP contribution is -2.47. The molecule has 1 aliphatic rings. The van der Waals surface area contributed by atoms with E-state index in [0.717, 1.165) is 0 Å². The molecule has 0 bridgehead atoms. The van der Waals surface area contributed by atoms with Gasteiger partial charge in [-0.2, -0.15) is 0 Å². The number of benzene rings is 1. The zero-order chi connectivity index (χ0) is 24.0. The molecular formula is C25H35N3O5. The maximum absolute atomic E-state index is 13.3. The number of carbonyl (C=O) groups is 3. The average molecular weight is 458 g/mol. The van der Waals surface area contributed by atoms with Crippen molar-refractivity contribution >= 4 is 28.7 Å². The van der Waals surface area contributed by atoms with Crippen molar-refractivity contribution in [3.05, 3.63) is 30.2 Å². The molecule has 0 radical (unpaired) electrons. The molecule has 2 aromatic rings. The second-order valence-electron chi connectivity index (χ2n) is 9.86. The molecule has 3 rings (SSSR count). The molecule has 2 amide bonds. The van der Waals surface area contributed by atoms with E-state index in [1.54, 1.807) is 17.0 Å². The summed E-state index contributed by atoms with van der Waals surface area (Å²) in [7, 11) is 0. The van der Waals surface area contributed by atoms with Crippen LogP contribution in [0, 0.1) is 11.3 Å². The van der Waals surface area contributed by atoms with Crippen molar-refractivity contribution in [1.82, 2.24) is 15.2 Å². The molecule has 1 fully saturated rings. The number of morpholine rings is 1. The first kappa shape index (κ1) is 24.9. The van der Waals surface area contributed by atoms with Gasteiger partial charge in [0.25, 0.3) is 5.89 Å². The predicted octanol–water partition coefficient (Wildman–Crippen LogP) is 3.60. The number of hydrogen-bond donors (Lipinski definition) is 1. The first-order chi connectivity index (χ1) is 15.7. The quantitative estimate of drug-likeness (QED) is 0.578. The van der Waals surface area contributed by atoms with E-state index >= 15 is 0 Å². The van der Waals surface area contributed by atoms with Crippen LogP contribution in [0.4, 0.5) is 0 Å². The Hall–Kier alpha value is -2.74. The minimum Gasteiger partial charge on any atom is -0.434 e. The Morgan fingerprint density at radius 1 is 1.15 bits per heavy atom. The molecule has 1 saturated heterocycles. The van der Waals surface area contributed by atoms with Gasteiger partial charge in [0.15, 0.2) is 5.58 Å². The van der Waals surface area contributed by atoms with Gasteiger partial charge in [-0.1, -0.05) is 46.2 Å². The van der Waals surface area contributed by atoms with Gasteiger partial charge in [0.1, 0.15) is 5.52 Å². The summed E-state index contributed by atoms with van der Waals surface area (Å²) in [6, 6.07) is 6.42. The number of ketones is 1. The molecule has 0 unspecified atom stereocenters. The average Bonchev–Trinajstić information content (AvgIpc) is 3.21. The lowest BCUT2D eigenvalue weighted by Gasteiger charge is -2.31. The van der Waals surface area contributed by atoms with Gasteiger partial charge in [-0.3, -0.25) is 14.4 Å². The van der Waals surface area contributed by atoms with E-state index < -0.39 is 12.0 Å². The molecule has 8 nitrogen and oxygen atoms in total. The number of oxazole rings is 1. The number of hydrogen-bond acceptors (Lipinski definition) is 6. The topological polar surface area (TPSA) is 102 Å². The fourth-order valence-electron chi connectivity index (χ4n) is 4.12. The first-order valence-corrected chi connectivity index (χ1v) is 11.7. The summed E-state index contributed by atoms with van der Waals surface area (Å²) in [4.78, 5) is 45.4. The number of nitrogens with zero attached hydrogens (tertiary/aromatic N) is 2. The van der Waals surface area contributed by atoms with E-state index in [2.05, 4.69) is 10.3 Å². The van der Waals surface area contributed by atoms with Crippen molar-refractivity contribution in [2.45, 2.75) is 59.4 Å². The smallest absolute Gasteiger partial charge is 0.266 e. The zero-order valence-corrected chi connectivity index (χ0v) is 20.1. The van der Waals surface area contributed by atoms with Crippen molar-refractivity contribution in [3.8, 4) is 0 Å². The highest BCUT2D eigenvalue weighted by molar-refractivity contribution is 6.00. The van der Waals surface area contributed by atoms with E-state index in [1.807, 2.05) is 39.8 Å². The summed E-state index contributed by atoms with van der Waals surface area (Å²) in [6.45, 7) is 10.2. The molecule has 2 atom stereocenters. The van der Waals surface area contributed by atoms with Crippen LogP contribution in [0.1, 0.15) is 64.1 Å². The molecule has 1 aromatic heterocycles. The summed E-state index contributed by atoms with van der Waals surface area (Å²) in [6.07, 6.45) is 1.81. The van der Waals surface area contributed by atoms with Crippen molar-refractivity contribution in [3.63, 3.8) is 0 Å². The molecular weight excluding hydrogens is 422 g/mol. The van der Waals surface area contributed by atoms with E-state index in [4.69, 9.17) is 9.15 Å². The standard InChI is InChI=1S/C25H35N3O5/c1-5-8-19(22(30)24-27-18-9-6-7-10-20(18)33-24)26-23(31)17(16-25(2,3)4)15-21(29)28-11-13-32-14-12-28/h6-7,9-10,17,19H,5,8,11-16H2,1-4H3,(H,26,31)/t17-,19+/m0/s1. The van der Waals surface area contributed by atoms with Gasteiger partial charge in [0, 0.05) is 25.4 Å². The van der Waals surface area contributed by atoms with Crippen molar-refractivity contribution in [2.24, 2.45) is 11.3 Å². The van der Waals surface area contributed by atoms with E-state index in [9.17, 15) is 14.4 Å². The Kier molecular flexibility index (Phi) is 8.24.